The van der Waals surface area contributed by atoms with E-state index in [-0.39, 0.29) is 24.5 Å². The van der Waals surface area contributed by atoms with Gasteiger partial charge in [0.25, 0.3) is 0 Å². The average molecular weight is 268 g/mol. The standard InChI is InChI=1S/C13H16O6/c1-7(2)12-11(15)8(3)13(16)18-6-10(5-17-12)19-9(4)14/h10,15H,1,3,5-6H2,2,4H3/b12-11-. The number of ether oxygens (including phenoxy) is 3. The molecule has 6 heteroatoms. The van der Waals surface area contributed by atoms with E-state index in [1.54, 1.807) is 6.92 Å². The van der Waals surface area contributed by atoms with Crippen molar-refractivity contribution in [2.24, 2.45) is 0 Å². The van der Waals surface area contributed by atoms with Gasteiger partial charge in [-0.25, -0.2) is 4.79 Å². The number of carbonyl (C=O) groups excluding carboxylic acids is 2. The van der Waals surface area contributed by atoms with E-state index in [1.165, 1.54) is 6.92 Å². The molecule has 104 valence electrons. The quantitative estimate of drug-likeness (QED) is 0.602. The Balaban J connectivity index is 3.01. The molecular weight excluding hydrogens is 252 g/mol. The lowest BCUT2D eigenvalue weighted by atomic mass is 10.1. The van der Waals surface area contributed by atoms with Gasteiger partial charge in [-0.05, 0) is 12.5 Å². The molecule has 1 N–H and O–H groups in total. The second-order valence-electron chi connectivity index (χ2n) is 4.08. The summed E-state index contributed by atoms with van der Waals surface area (Å²) in [6, 6.07) is 0. The fraction of sp³-hybridized carbons (Fsp3) is 0.385. The minimum absolute atomic E-state index is 0.0287. The molecule has 1 aliphatic rings. The first-order valence-corrected chi connectivity index (χ1v) is 5.58. The van der Waals surface area contributed by atoms with Crippen molar-refractivity contribution >= 4 is 11.9 Å². The third-order valence-electron chi connectivity index (χ3n) is 2.28. The fourth-order valence-corrected chi connectivity index (χ4v) is 1.41. The van der Waals surface area contributed by atoms with Gasteiger partial charge in [-0.3, -0.25) is 4.79 Å². The van der Waals surface area contributed by atoms with Gasteiger partial charge in [0.05, 0.1) is 5.57 Å². The number of rotatable bonds is 2. The van der Waals surface area contributed by atoms with E-state index in [2.05, 4.69) is 13.2 Å². The average Bonchev–Trinajstić information content (AvgIpc) is 2.36. The van der Waals surface area contributed by atoms with Crippen molar-refractivity contribution in [3.05, 3.63) is 35.8 Å². The lowest BCUT2D eigenvalue weighted by molar-refractivity contribution is -0.157. The van der Waals surface area contributed by atoms with Crippen LogP contribution in [0.5, 0.6) is 0 Å². The molecule has 1 unspecified atom stereocenters. The normalized spacial score (nSPS) is 24.4. The van der Waals surface area contributed by atoms with E-state index >= 15 is 0 Å². The van der Waals surface area contributed by atoms with Gasteiger partial charge in [0.15, 0.2) is 17.6 Å². The van der Waals surface area contributed by atoms with Crippen molar-refractivity contribution in [1.82, 2.24) is 0 Å². The number of cyclic esters (lactones) is 1. The zero-order valence-electron chi connectivity index (χ0n) is 10.9. The van der Waals surface area contributed by atoms with Crippen LogP contribution in [-0.2, 0) is 23.8 Å². The third-order valence-corrected chi connectivity index (χ3v) is 2.28. The third kappa shape index (κ3) is 3.87. The summed E-state index contributed by atoms with van der Waals surface area (Å²) in [5.41, 5.74) is 0.177. The molecule has 0 aliphatic carbocycles. The van der Waals surface area contributed by atoms with Crippen LogP contribution in [0.15, 0.2) is 35.8 Å². The predicted molar refractivity (Wildman–Crippen MR) is 66.1 cm³/mol. The molecule has 0 radical (unpaired) electrons. The fourth-order valence-electron chi connectivity index (χ4n) is 1.41. The summed E-state index contributed by atoms with van der Waals surface area (Å²) in [5.74, 6) is -1.73. The zero-order chi connectivity index (χ0) is 14.6. The van der Waals surface area contributed by atoms with Crippen LogP contribution in [0, 0.1) is 0 Å². The molecule has 0 spiro atoms. The molecule has 0 saturated heterocycles. The van der Waals surface area contributed by atoms with Gasteiger partial charge >= 0.3 is 11.9 Å². The van der Waals surface area contributed by atoms with Crippen LogP contribution in [-0.4, -0.2) is 36.4 Å². The van der Waals surface area contributed by atoms with Crippen molar-refractivity contribution in [2.75, 3.05) is 13.2 Å². The maximum atomic E-state index is 11.6. The van der Waals surface area contributed by atoms with Crippen molar-refractivity contribution in [3.8, 4) is 0 Å². The Kier molecular flexibility index (Phi) is 4.74. The molecule has 0 aromatic rings. The largest absolute Gasteiger partial charge is 0.504 e. The number of aliphatic hydroxyl groups is 1. The minimum Gasteiger partial charge on any atom is -0.504 e. The summed E-state index contributed by atoms with van der Waals surface area (Å²) in [7, 11) is 0. The molecule has 1 aliphatic heterocycles. The molecular formula is C13H16O6. The molecule has 0 bridgehead atoms. The maximum Gasteiger partial charge on any atom is 0.341 e. The SMILES string of the molecule is C=C1C(=O)OCC(OC(C)=O)CO/C(C(=C)C)=C/1O. The van der Waals surface area contributed by atoms with Crippen molar-refractivity contribution in [3.63, 3.8) is 0 Å². The summed E-state index contributed by atoms with van der Waals surface area (Å²) in [5, 5.41) is 9.86. The summed E-state index contributed by atoms with van der Waals surface area (Å²) in [4.78, 5) is 22.5. The van der Waals surface area contributed by atoms with Gasteiger partial charge in [-0.1, -0.05) is 13.2 Å². The van der Waals surface area contributed by atoms with Crippen LogP contribution < -0.4 is 0 Å². The van der Waals surface area contributed by atoms with Crippen LogP contribution in [0.25, 0.3) is 0 Å². The Morgan fingerprint density at radius 1 is 1.37 bits per heavy atom. The van der Waals surface area contributed by atoms with E-state index in [0.29, 0.717) is 5.57 Å². The Morgan fingerprint density at radius 2 is 1.95 bits per heavy atom. The smallest absolute Gasteiger partial charge is 0.341 e. The van der Waals surface area contributed by atoms with Crippen LogP contribution in [0.1, 0.15) is 13.8 Å². The Morgan fingerprint density at radius 3 is 2.47 bits per heavy atom. The van der Waals surface area contributed by atoms with Gasteiger partial charge in [-0.2, -0.15) is 0 Å². The van der Waals surface area contributed by atoms with Crippen LogP contribution in [0.2, 0.25) is 0 Å². The molecule has 0 amide bonds. The van der Waals surface area contributed by atoms with Gasteiger partial charge in [0, 0.05) is 6.92 Å². The minimum atomic E-state index is -0.807. The predicted octanol–water partition coefficient (Wildman–Crippen LogP) is 1.39. The molecule has 1 rings (SSSR count). The first-order valence-electron chi connectivity index (χ1n) is 5.58. The van der Waals surface area contributed by atoms with Crippen molar-refractivity contribution < 1.29 is 28.9 Å². The highest BCUT2D eigenvalue weighted by Gasteiger charge is 2.25. The highest BCUT2D eigenvalue weighted by molar-refractivity contribution is 5.92. The van der Waals surface area contributed by atoms with Gasteiger partial charge < -0.3 is 19.3 Å². The molecule has 1 heterocycles. The summed E-state index contributed by atoms with van der Waals surface area (Å²) in [6.45, 7) is 9.66. The summed E-state index contributed by atoms with van der Waals surface area (Å²) >= 11 is 0. The summed E-state index contributed by atoms with van der Waals surface area (Å²) in [6.07, 6.45) is -0.755. The number of hydrogen-bond donors (Lipinski definition) is 1. The van der Waals surface area contributed by atoms with E-state index in [1.807, 2.05) is 0 Å². The van der Waals surface area contributed by atoms with Crippen molar-refractivity contribution in [2.45, 2.75) is 20.0 Å². The van der Waals surface area contributed by atoms with Gasteiger partial charge in [0.1, 0.15) is 13.2 Å². The number of allylic oxidation sites excluding steroid dienone is 1. The molecule has 0 aromatic carbocycles. The number of carbonyl (C=O) groups is 2. The topological polar surface area (TPSA) is 82.1 Å². The van der Waals surface area contributed by atoms with E-state index in [4.69, 9.17) is 14.2 Å². The van der Waals surface area contributed by atoms with Gasteiger partial charge in [0.2, 0.25) is 0 Å². The molecule has 0 saturated carbocycles. The molecule has 19 heavy (non-hydrogen) atoms. The first kappa shape index (κ1) is 14.8. The monoisotopic (exact) mass is 268 g/mol. The maximum absolute atomic E-state index is 11.6. The van der Waals surface area contributed by atoms with E-state index < -0.39 is 23.8 Å². The van der Waals surface area contributed by atoms with Crippen LogP contribution in [0.3, 0.4) is 0 Å². The summed E-state index contributed by atoms with van der Waals surface area (Å²) < 4.78 is 15.1. The lowest BCUT2D eigenvalue weighted by Crippen LogP contribution is -2.28. The second kappa shape index (κ2) is 6.08. The molecule has 0 aromatic heterocycles. The zero-order valence-corrected chi connectivity index (χ0v) is 10.9. The number of esters is 2. The number of hydrogen-bond acceptors (Lipinski definition) is 6. The van der Waals surface area contributed by atoms with Gasteiger partial charge in [-0.15, -0.1) is 0 Å². The highest BCUT2D eigenvalue weighted by atomic mass is 16.6. The molecule has 0 fully saturated rings. The first-order chi connectivity index (χ1) is 8.82. The number of aliphatic hydroxyl groups excluding tert-OH is 1. The van der Waals surface area contributed by atoms with Crippen LogP contribution >= 0.6 is 0 Å². The van der Waals surface area contributed by atoms with Crippen molar-refractivity contribution in [1.29, 1.82) is 0 Å². The Labute approximate surface area is 111 Å². The highest BCUT2D eigenvalue weighted by Crippen LogP contribution is 2.21. The van der Waals surface area contributed by atoms with E-state index in [9.17, 15) is 14.7 Å². The van der Waals surface area contributed by atoms with Crippen LogP contribution in [0.4, 0.5) is 0 Å². The second-order valence-corrected chi connectivity index (χ2v) is 4.08. The lowest BCUT2D eigenvalue weighted by Gasteiger charge is -2.17. The molecule has 1 atom stereocenters. The van der Waals surface area contributed by atoms with E-state index in [0.717, 1.165) is 0 Å². The Bertz CT molecular complexity index is 460. The Hall–Kier alpha value is -2.24. The molecule has 6 nitrogen and oxygen atoms in total.